The van der Waals surface area contributed by atoms with Gasteiger partial charge in [0, 0.05) is 36.3 Å². The first kappa shape index (κ1) is 40.7. The average Bonchev–Trinajstić information content (AvgIpc) is 3.37. The van der Waals surface area contributed by atoms with Gasteiger partial charge in [-0.2, -0.15) is 0 Å². The molecule has 308 valence electrons. The first-order valence-electron chi connectivity index (χ1n) is 21.9. The maximum Gasteiger partial charge on any atom is 0.179 e. The van der Waals surface area contributed by atoms with Gasteiger partial charge in [0.15, 0.2) is 13.9 Å². The fraction of sp³-hybridized carbons (Fsp3) is 0.0333. The van der Waals surface area contributed by atoms with Crippen LogP contribution in [0.15, 0.2) is 274 Å². The molecule has 1 aromatic heterocycles. The van der Waals surface area contributed by atoms with Gasteiger partial charge in [-0.3, -0.25) is 0 Å². The molecule has 0 saturated heterocycles. The molecule has 0 aliphatic heterocycles. The van der Waals surface area contributed by atoms with Gasteiger partial charge in [0.1, 0.15) is 0 Å². The molecule has 9 aromatic carbocycles. The highest BCUT2D eigenvalue weighted by Crippen LogP contribution is 2.73. The summed E-state index contributed by atoms with van der Waals surface area (Å²) in [6.45, 7) is 4.33. The largest absolute Gasteiger partial charge is 0.228 e. The van der Waals surface area contributed by atoms with Crippen molar-refractivity contribution in [2.45, 2.75) is 33.4 Å². The third-order valence-electron chi connectivity index (χ3n) is 12.4. The fourth-order valence-corrected chi connectivity index (χ4v) is 18.2. The molecule has 0 spiro atoms. The van der Waals surface area contributed by atoms with Crippen LogP contribution < -0.4 is 20.7 Å². The molecular weight excluding hydrogens is 809 g/mol. The van der Waals surface area contributed by atoms with E-state index in [4.69, 9.17) is 9.97 Å². The van der Waals surface area contributed by atoms with Gasteiger partial charge in [-0.1, -0.05) is 200 Å². The molecule has 0 atom stereocenters. The Bertz CT molecular complexity index is 2760. The van der Waals surface area contributed by atoms with E-state index in [9.17, 15) is 0 Å². The molecule has 0 unspecified atom stereocenters. The van der Waals surface area contributed by atoms with Crippen LogP contribution in [0.1, 0.15) is 11.1 Å². The van der Waals surface area contributed by atoms with E-state index < -0.39 is 18.1 Å². The van der Waals surface area contributed by atoms with Crippen LogP contribution in [0.5, 0.6) is 0 Å². The molecule has 0 radical (unpaired) electrons. The smallest absolute Gasteiger partial charge is 0.179 e. The van der Waals surface area contributed by atoms with Crippen molar-refractivity contribution in [2.24, 2.45) is 0 Å². The number of hydrogen-bond donors (Lipinski definition) is 0. The Morgan fingerprint density at radius 2 is 0.656 bits per heavy atom. The number of hydrogen-bond acceptors (Lipinski definition) is 2. The highest BCUT2D eigenvalue weighted by Gasteiger charge is 2.41. The number of benzene rings is 9. The molecule has 0 saturated carbocycles. The molecule has 10 rings (SSSR count). The van der Waals surface area contributed by atoms with Gasteiger partial charge < -0.3 is 0 Å². The number of aryl methyl sites for hydroxylation is 2. The Balaban J connectivity index is 1.22. The van der Waals surface area contributed by atoms with Crippen LogP contribution in [-0.2, 0) is 0 Å². The highest BCUT2D eigenvalue weighted by atomic mass is 32.3. The third kappa shape index (κ3) is 7.31. The normalized spacial score (nSPS) is 11.8. The van der Waals surface area contributed by atoms with Crippen LogP contribution in [-0.4, -0.2) is 18.0 Å². The summed E-state index contributed by atoms with van der Waals surface area (Å²) in [5, 5.41) is 5.30. The van der Waals surface area contributed by atoms with Crippen molar-refractivity contribution in [3.63, 3.8) is 0 Å². The quantitative estimate of drug-likeness (QED) is 0.0957. The van der Waals surface area contributed by atoms with Gasteiger partial charge in [-0.15, -0.1) is 10.0 Å². The minimum absolute atomic E-state index is 0.726. The first-order chi connectivity index (χ1) is 31.6. The van der Waals surface area contributed by atoms with Gasteiger partial charge in [0.05, 0.1) is 11.4 Å². The van der Waals surface area contributed by atoms with Crippen molar-refractivity contribution in [2.75, 3.05) is 0 Å². The van der Waals surface area contributed by atoms with E-state index in [2.05, 4.69) is 269 Å². The molecule has 1 heterocycles. The van der Waals surface area contributed by atoms with E-state index in [-0.39, 0.29) is 0 Å². The standard InChI is InChI=1S/C60H48N2SSi/c1-45-24-21-25-46(2)59(45)60-61-57(47-26-22-34-52(42-47)63(49-28-9-3-10-29-49,50-30-11-4-12-31-50)51-32-13-5-14-33-51)44-58(62-60)48-27-23-41-56(43-48)64(53-35-15-6-16-36-53,54-37-17-7-18-38-54)55-39-19-8-20-40-55/h3-44H,1-2H3. The first-order valence-corrected chi connectivity index (χ1v) is 25.5. The summed E-state index contributed by atoms with van der Waals surface area (Å²) in [4.78, 5) is 16.1. The molecule has 0 aliphatic carbocycles. The second kappa shape index (κ2) is 17.8. The van der Waals surface area contributed by atoms with Crippen molar-refractivity contribution >= 4 is 38.8 Å². The summed E-state index contributed by atoms with van der Waals surface area (Å²) >= 11 is 0. The minimum atomic E-state index is -2.80. The molecule has 64 heavy (non-hydrogen) atoms. The zero-order valence-corrected chi connectivity index (χ0v) is 37.9. The lowest BCUT2D eigenvalue weighted by Crippen LogP contribution is -2.74. The summed E-state index contributed by atoms with van der Waals surface area (Å²) in [7, 11) is -4.72. The second-order valence-corrected chi connectivity index (χ2v) is 23.2. The SMILES string of the molecule is Cc1cccc(C)c1-c1nc(-c2cccc([Si](c3ccccc3)(c3ccccc3)c3ccccc3)c2)cc(-c2cccc(S(c3ccccc3)(c3ccccc3)c3ccccc3)c2)n1. The van der Waals surface area contributed by atoms with Crippen LogP contribution in [0.4, 0.5) is 0 Å². The summed E-state index contributed by atoms with van der Waals surface area (Å²) in [6, 6.07) is 93.3. The summed E-state index contributed by atoms with van der Waals surface area (Å²) < 4.78 is 0. The minimum Gasteiger partial charge on any atom is -0.228 e. The van der Waals surface area contributed by atoms with Gasteiger partial charge in [0.25, 0.3) is 0 Å². The summed E-state index contributed by atoms with van der Waals surface area (Å²) in [5.41, 5.74) is 7.24. The molecule has 4 heteroatoms. The van der Waals surface area contributed by atoms with E-state index in [0.29, 0.717) is 0 Å². The van der Waals surface area contributed by atoms with Crippen molar-refractivity contribution in [3.8, 4) is 33.9 Å². The Labute approximate surface area is 380 Å². The summed E-state index contributed by atoms with van der Waals surface area (Å²) in [5.74, 6) is 0.726. The van der Waals surface area contributed by atoms with Crippen LogP contribution in [0.25, 0.3) is 33.9 Å². The average molecular weight is 857 g/mol. The Morgan fingerprint density at radius 1 is 0.312 bits per heavy atom. The molecule has 0 fully saturated rings. The van der Waals surface area contributed by atoms with Crippen molar-refractivity contribution < 1.29 is 0 Å². The van der Waals surface area contributed by atoms with E-state index >= 15 is 0 Å². The zero-order valence-electron chi connectivity index (χ0n) is 36.1. The number of aromatic nitrogens is 2. The van der Waals surface area contributed by atoms with Gasteiger partial charge in [-0.05, 0) is 100 Å². The Hall–Kier alpha value is -7.37. The third-order valence-corrected chi connectivity index (χ3v) is 21.1. The molecule has 2 nitrogen and oxygen atoms in total. The van der Waals surface area contributed by atoms with Crippen LogP contribution in [0.2, 0.25) is 0 Å². The predicted molar refractivity (Wildman–Crippen MR) is 271 cm³/mol. The molecule has 10 aromatic rings. The maximum absolute atomic E-state index is 5.49. The van der Waals surface area contributed by atoms with Crippen molar-refractivity contribution in [1.29, 1.82) is 0 Å². The molecule has 0 amide bonds. The molecule has 0 N–H and O–H groups in total. The Morgan fingerprint density at radius 3 is 1.09 bits per heavy atom. The number of rotatable bonds is 11. The van der Waals surface area contributed by atoms with Crippen molar-refractivity contribution in [1.82, 2.24) is 9.97 Å². The van der Waals surface area contributed by atoms with Gasteiger partial charge in [0.2, 0.25) is 0 Å². The number of nitrogens with zero attached hydrogens (tertiary/aromatic N) is 2. The summed E-state index contributed by atoms with van der Waals surface area (Å²) in [6.07, 6.45) is 0. The van der Waals surface area contributed by atoms with E-state index in [1.54, 1.807) is 0 Å². The van der Waals surface area contributed by atoms with Gasteiger partial charge in [-0.25, -0.2) is 9.97 Å². The van der Waals surface area contributed by atoms with Crippen molar-refractivity contribution in [3.05, 3.63) is 266 Å². The fourth-order valence-electron chi connectivity index (χ4n) is 9.53. The van der Waals surface area contributed by atoms with Gasteiger partial charge >= 0.3 is 0 Å². The van der Waals surface area contributed by atoms with E-state index in [1.165, 1.54) is 40.3 Å². The molecule has 0 bridgehead atoms. The second-order valence-electron chi connectivity index (χ2n) is 16.2. The monoisotopic (exact) mass is 856 g/mol. The zero-order chi connectivity index (χ0) is 43.4. The molecule has 0 aliphatic rings. The lowest BCUT2D eigenvalue weighted by Gasteiger charge is -2.42. The maximum atomic E-state index is 5.49. The predicted octanol–water partition coefficient (Wildman–Crippen LogP) is 12.8. The topological polar surface area (TPSA) is 25.8 Å². The Kier molecular flexibility index (Phi) is 11.3. The van der Waals surface area contributed by atoms with Crippen LogP contribution in [0.3, 0.4) is 0 Å². The lowest BCUT2D eigenvalue weighted by molar-refractivity contribution is 1.16. The lowest BCUT2D eigenvalue weighted by atomic mass is 10.0. The highest BCUT2D eigenvalue weighted by molar-refractivity contribution is 8.34. The van der Waals surface area contributed by atoms with Crippen LogP contribution >= 0.6 is 10.0 Å². The molecular formula is C60H48N2SSi. The van der Waals surface area contributed by atoms with E-state index in [0.717, 1.165) is 45.0 Å². The van der Waals surface area contributed by atoms with E-state index in [1.807, 2.05) is 0 Å². The van der Waals surface area contributed by atoms with Crippen LogP contribution in [0, 0.1) is 13.8 Å².